The molecule has 2 aliphatic rings. The first-order valence-corrected chi connectivity index (χ1v) is 18.1. The molecular weight excluding hydrogens is 631 g/mol. The van der Waals surface area contributed by atoms with Crippen molar-refractivity contribution in [2.75, 3.05) is 10.2 Å². The van der Waals surface area contributed by atoms with Crippen LogP contribution in [0.1, 0.15) is 24.0 Å². The highest BCUT2D eigenvalue weighted by Crippen LogP contribution is 2.55. The summed E-state index contributed by atoms with van der Waals surface area (Å²) >= 11 is 0. The predicted molar refractivity (Wildman–Crippen MR) is 219 cm³/mol. The number of rotatable bonds is 6. The van der Waals surface area contributed by atoms with E-state index in [4.69, 9.17) is 0 Å². The third kappa shape index (κ3) is 4.89. The Bertz CT molecular complexity index is 2650. The molecule has 7 aromatic carbocycles. The average Bonchev–Trinajstić information content (AvgIpc) is 3.67. The highest BCUT2D eigenvalue weighted by atomic mass is 15.2. The van der Waals surface area contributed by atoms with Crippen molar-refractivity contribution in [3.05, 3.63) is 205 Å². The zero-order valence-corrected chi connectivity index (χ0v) is 28.9. The minimum absolute atomic E-state index is 0.172. The fraction of sp³-hybridized carbons (Fsp3) is 0.0612. The Labute approximate surface area is 304 Å². The summed E-state index contributed by atoms with van der Waals surface area (Å²) in [5, 5.41) is 6.15. The lowest BCUT2D eigenvalue weighted by Gasteiger charge is -2.40. The predicted octanol–water partition coefficient (Wildman–Crippen LogP) is 12.8. The largest absolute Gasteiger partial charge is 0.356 e. The number of benzene rings is 7. The Morgan fingerprint density at radius 3 is 1.87 bits per heavy atom. The van der Waals surface area contributed by atoms with Crippen molar-refractivity contribution in [3.63, 3.8) is 0 Å². The van der Waals surface area contributed by atoms with Gasteiger partial charge in [0.15, 0.2) is 0 Å². The second-order valence-corrected chi connectivity index (χ2v) is 14.1. The SMILES string of the molecule is CC12C=CC(c3ccc(Nc4ccc(-c5ccc6c(c5)c5ccccc5n6-c5ccccc5)cc4)cc3)=CC1c1ccccc1N2c1ccccc1. The third-order valence-electron chi connectivity index (χ3n) is 11.0. The molecule has 8 aromatic rings. The number of fused-ring (bicyclic) bond motifs is 6. The van der Waals surface area contributed by atoms with E-state index in [2.05, 4.69) is 216 Å². The van der Waals surface area contributed by atoms with Gasteiger partial charge in [0.1, 0.15) is 0 Å². The topological polar surface area (TPSA) is 20.2 Å². The van der Waals surface area contributed by atoms with Crippen molar-refractivity contribution >= 4 is 50.1 Å². The molecule has 0 fully saturated rings. The van der Waals surface area contributed by atoms with Gasteiger partial charge in [-0.05, 0) is 108 Å². The van der Waals surface area contributed by atoms with Crippen molar-refractivity contribution < 1.29 is 0 Å². The van der Waals surface area contributed by atoms with E-state index in [1.165, 1.54) is 66.7 Å². The van der Waals surface area contributed by atoms with Gasteiger partial charge in [-0.2, -0.15) is 0 Å². The molecule has 1 aromatic heterocycles. The number of anilines is 4. The number of nitrogens with zero attached hydrogens (tertiary/aromatic N) is 2. The van der Waals surface area contributed by atoms with Crippen LogP contribution in [0.5, 0.6) is 0 Å². The van der Waals surface area contributed by atoms with Crippen molar-refractivity contribution in [2.45, 2.75) is 18.4 Å². The molecule has 1 aliphatic heterocycles. The van der Waals surface area contributed by atoms with Crippen LogP contribution in [0.25, 0.3) is 44.2 Å². The van der Waals surface area contributed by atoms with E-state index in [0.717, 1.165) is 11.4 Å². The first-order chi connectivity index (χ1) is 25.6. The second kappa shape index (κ2) is 12.0. The minimum Gasteiger partial charge on any atom is -0.356 e. The summed E-state index contributed by atoms with van der Waals surface area (Å²) in [7, 11) is 0. The maximum Gasteiger partial charge on any atom is 0.0712 e. The Morgan fingerprint density at radius 2 is 1.12 bits per heavy atom. The normalized spacial score (nSPS) is 17.6. The molecule has 10 rings (SSSR count). The van der Waals surface area contributed by atoms with E-state index < -0.39 is 0 Å². The van der Waals surface area contributed by atoms with Gasteiger partial charge in [-0.25, -0.2) is 0 Å². The van der Waals surface area contributed by atoms with Gasteiger partial charge in [0, 0.05) is 45.1 Å². The van der Waals surface area contributed by atoms with Crippen LogP contribution < -0.4 is 10.2 Å². The van der Waals surface area contributed by atoms with Gasteiger partial charge in [0.25, 0.3) is 0 Å². The van der Waals surface area contributed by atoms with Crippen molar-refractivity contribution in [2.24, 2.45) is 0 Å². The third-order valence-corrected chi connectivity index (χ3v) is 11.0. The first kappa shape index (κ1) is 30.3. The Kier molecular flexibility index (Phi) is 7.00. The summed E-state index contributed by atoms with van der Waals surface area (Å²) in [6.45, 7) is 2.36. The quantitative estimate of drug-likeness (QED) is 0.190. The maximum atomic E-state index is 3.62. The van der Waals surface area contributed by atoms with Crippen LogP contribution in [0.4, 0.5) is 22.7 Å². The zero-order valence-electron chi connectivity index (χ0n) is 28.9. The lowest BCUT2D eigenvalue weighted by molar-refractivity contribution is 0.544. The molecule has 248 valence electrons. The molecule has 1 aliphatic carbocycles. The van der Waals surface area contributed by atoms with Crippen LogP contribution in [-0.2, 0) is 0 Å². The van der Waals surface area contributed by atoms with Gasteiger partial charge >= 0.3 is 0 Å². The molecule has 3 heteroatoms. The van der Waals surface area contributed by atoms with Gasteiger partial charge in [-0.15, -0.1) is 0 Å². The lowest BCUT2D eigenvalue weighted by atomic mass is 9.77. The summed E-state index contributed by atoms with van der Waals surface area (Å²) in [4.78, 5) is 2.50. The molecule has 2 unspecified atom stereocenters. The van der Waals surface area contributed by atoms with Gasteiger partial charge in [-0.3, -0.25) is 0 Å². The first-order valence-electron chi connectivity index (χ1n) is 18.1. The van der Waals surface area contributed by atoms with Crippen LogP contribution in [0.15, 0.2) is 194 Å². The molecule has 0 amide bonds. The smallest absolute Gasteiger partial charge is 0.0712 e. The molecule has 0 radical (unpaired) electrons. The lowest BCUT2D eigenvalue weighted by Crippen LogP contribution is -2.42. The number of nitrogens with one attached hydrogen (secondary N) is 1. The average molecular weight is 668 g/mol. The van der Waals surface area contributed by atoms with Crippen LogP contribution in [0.2, 0.25) is 0 Å². The molecule has 2 atom stereocenters. The van der Waals surface area contributed by atoms with E-state index in [-0.39, 0.29) is 11.5 Å². The Morgan fingerprint density at radius 1 is 0.519 bits per heavy atom. The van der Waals surface area contributed by atoms with Gasteiger partial charge in [-0.1, -0.05) is 121 Å². The molecule has 0 spiro atoms. The molecular formula is C49H37N3. The Hall–Kier alpha value is -6.58. The monoisotopic (exact) mass is 667 g/mol. The summed E-state index contributed by atoms with van der Waals surface area (Å²) in [5.41, 5.74) is 14.3. The van der Waals surface area contributed by atoms with E-state index >= 15 is 0 Å². The standard InChI is InChI=1S/C49H37N3/c1-49-31-30-37(33-45(49)43-17-9-11-19-48(43)52(49)41-14-6-3-7-15-41)35-22-27-39(28-23-35)50-38-25-20-34(21-26-38)36-24-29-47-44(32-36)42-16-8-10-18-46(42)51(47)40-12-4-2-5-13-40/h2-33,45,50H,1H3. The number of allylic oxidation sites excluding steroid dienone is 2. The molecule has 2 heterocycles. The summed E-state index contributed by atoms with van der Waals surface area (Å²) in [5.74, 6) is 0.253. The van der Waals surface area contributed by atoms with Crippen molar-refractivity contribution in [1.29, 1.82) is 0 Å². The number of aromatic nitrogens is 1. The molecule has 52 heavy (non-hydrogen) atoms. The van der Waals surface area contributed by atoms with E-state index in [0.29, 0.717) is 0 Å². The summed E-state index contributed by atoms with van der Waals surface area (Å²) in [6.07, 6.45) is 7.16. The van der Waals surface area contributed by atoms with E-state index in [1.54, 1.807) is 0 Å². The molecule has 0 saturated heterocycles. The molecule has 0 bridgehead atoms. The van der Waals surface area contributed by atoms with E-state index in [1.807, 2.05) is 0 Å². The van der Waals surface area contributed by atoms with Crippen LogP contribution in [-0.4, -0.2) is 10.1 Å². The molecule has 0 saturated carbocycles. The second-order valence-electron chi connectivity index (χ2n) is 14.1. The molecule has 3 nitrogen and oxygen atoms in total. The molecule has 1 N–H and O–H groups in total. The maximum absolute atomic E-state index is 3.62. The Balaban J connectivity index is 0.891. The van der Waals surface area contributed by atoms with Crippen LogP contribution in [0.3, 0.4) is 0 Å². The van der Waals surface area contributed by atoms with Gasteiger partial charge in [0.2, 0.25) is 0 Å². The van der Waals surface area contributed by atoms with Crippen LogP contribution in [0, 0.1) is 0 Å². The van der Waals surface area contributed by atoms with Gasteiger partial charge in [0.05, 0.1) is 16.6 Å². The fourth-order valence-corrected chi connectivity index (χ4v) is 8.45. The van der Waals surface area contributed by atoms with Gasteiger partial charge < -0.3 is 14.8 Å². The van der Waals surface area contributed by atoms with Crippen molar-refractivity contribution in [1.82, 2.24) is 4.57 Å². The highest BCUT2D eigenvalue weighted by Gasteiger charge is 2.47. The zero-order chi connectivity index (χ0) is 34.6. The minimum atomic E-state index is -0.172. The highest BCUT2D eigenvalue weighted by molar-refractivity contribution is 6.10. The van der Waals surface area contributed by atoms with Crippen molar-refractivity contribution in [3.8, 4) is 16.8 Å². The summed E-state index contributed by atoms with van der Waals surface area (Å²) in [6, 6.07) is 63.3. The fourth-order valence-electron chi connectivity index (χ4n) is 8.45. The summed E-state index contributed by atoms with van der Waals surface area (Å²) < 4.78 is 2.36. The number of hydrogen-bond donors (Lipinski definition) is 1. The number of hydrogen-bond acceptors (Lipinski definition) is 2. The van der Waals surface area contributed by atoms with E-state index in [9.17, 15) is 0 Å². The van der Waals surface area contributed by atoms with Crippen LogP contribution >= 0.6 is 0 Å². The number of para-hydroxylation sites is 4.